The molecular formula is C10H13IO5S. The monoisotopic (exact) mass is 372 g/mol. The van der Waals surface area contributed by atoms with Crippen molar-refractivity contribution in [2.75, 3.05) is 20.2 Å². The standard InChI is InChI=1S/C10H13IO5S/c1-14-7-15-10-5-8(3-4-9(10)11)6-16-17(2,12)13/h3-5H,6-7H2,1-2H3. The zero-order valence-electron chi connectivity index (χ0n) is 9.47. The lowest BCUT2D eigenvalue weighted by atomic mass is 10.2. The van der Waals surface area contributed by atoms with Gasteiger partial charge in [0.25, 0.3) is 10.1 Å². The molecule has 0 radical (unpaired) electrons. The molecule has 0 fully saturated rings. The molecule has 0 bridgehead atoms. The first-order valence-corrected chi connectivity index (χ1v) is 7.56. The highest BCUT2D eigenvalue weighted by Crippen LogP contribution is 2.23. The Bertz CT molecular complexity index is 472. The molecule has 0 amide bonds. The quantitative estimate of drug-likeness (QED) is 0.433. The SMILES string of the molecule is COCOc1cc(COS(C)(=O)=O)ccc1I. The molecule has 0 aromatic heterocycles. The molecule has 17 heavy (non-hydrogen) atoms. The number of hydrogen-bond acceptors (Lipinski definition) is 5. The lowest BCUT2D eigenvalue weighted by molar-refractivity contribution is 0.0504. The second kappa shape index (κ2) is 6.53. The van der Waals surface area contributed by atoms with E-state index in [4.69, 9.17) is 13.7 Å². The molecule has 0 unspecified atom stereocenters. The smallest absolute Gasteiger partial charge is 0.264 e. The number of hydrogen-bond donors (Lipinski definition) is 0. The topological polar surface area (TPSA) is 61.8 Å². The zero-order chi connectivity index (χ0) is 12.9. The summed E-state index contributed by atoms with van der Waals surface area (Å²) in [6.45, 7) is 0.144. The molecular weight excluding hydrogens is 359 g/mol. The Morgan fingerprint density at radius 1 is 1.35 bits per heavy atom. The van der Waals surface area contributed by atoms with Crippen molar-refractivity contribution in [1.82, 2.24) is 0 Å². The predicted octanol–water partition coefficient (Wildman–Crippen LogP) is 1.75. The Kier molecular flexibility index (Phi) is 5.63. The lowest BCUT2D eigenvalue weighted by Crippen LogP contribution is -2.04. The van der Waals surface area contributed by atoms with Crippen LogP contribution in [0.2, 0.25) is 0 Å². The normalized spacial score (nSPS) is 11.5. The fraction of sp³-hybridized carbons (Fsp3) is 0.400. The summed E-state index contributed by atoms with van der Waals surface area (Å²) in [6, 6.07) is 5.34. The van der Waals surface area contributed by atoms with Gasteiger partial charge in [-0.1, -0.05) is 6.07 Å². The van der Waals surface area contributed by atoms with Gasteiger partial charge in [0, 0.05) is 7.11 Å². The van der Waals surface area contributed by atoms with Crippen LogP contribution in [0.3, 0.4) is 0 Å². The van der Waals surface area contributed by atoms with Crippen molar-refractivity contribution >= 4 is 32.7 Å². The van der Waals surface area contributed by atoms with Crippen molar-refractivity contribution in [1.29, 1.82) is 0 Å². The molecule has 7 heteroatoms. The molecule has 96 valence electrons. The molecule has 0 saturated carbocycles. The molecule has 1 aromatic rings. The van der Waals surface area contributed by atoms with Crippen molar-refractivity contribution in [3.63, 3.8) is 0 Å². The molecule has 0 heterocycles. The van der Waals surface area contributed by atoms with E-state index in [1.807, 2.05) is 6.07 Å². The molecule has 0 aliphatic rings. The van der Waals surface area contributed by atoms with Gasteiger partial charge in [-0.2, -0.15) is 8.42 Å². The van der Waals surface area contributed by atoms with Crippen LogP contribution in [0.1, 0.15) is 5.56 Å². The van der Waals surface area contributed by atoms with E-state index in [9.17, 15) is 8.42 Å². The number of ether oxygens (including phenoxy) is 2. The van der Waals surface area contributed by atoms with E-state index in [2.05, 4.69) is 22.6 Å². The Morgan fingerprint density at radius 2 is 2.06 bits per heavy atom. The number of halogens is 1. The van der Waals surface area contributed by atoms with Crippen LogP contribution in [-0.4, -0.2) is 28.6 Å². The molecule has 0 saturated heterocycles. The molecule has 1 rings (SSSR count). The van der Waals surface area contributed by atoms with Gasteiger partial charge in [0.05, 0.1) is 16.4 Å². The van der Waals surface area contributed by atoms with Gasteiger partial charge in [-0.15, -0.1) is 0 Å². The van der Waals surface area contributed by atoms with Crippen molar-refractivity contribution in [3.8, 4) is 5.75 Å². The lowest BCUT2D eigenvalue weighted by Gasteiger charge is -2.09. The summed E-state index contributed by atoms with van der Waals surface area (Å²) in [5.74, 6) is 0.641. The Labute approximate surface area is 114 Å². The van der Waals surface area contributed by atoms with Crippen LogP contribution in [0.4, 0.5) is 0 Å². The van der Waals surface area contributed by atoms with E-state index < -0.39 is 10.1 Å². The molecule has 0 aliphatic heterocycles. The van der Waals surface area contributed by atoms with Gasteiger partial charge in [-0.05, 0) is 40.3 Å². The highest BCUT2D eigenvalue weighted by molar-refractivity contribution is 14.1. The summed E-state index contributed by atoms with van der Waals surface area (Å²) in [5.41, 5.74) is 0.724. The maximum Gasteiger partial charge on any atom is 0.264 e. The van der Waals surface area contributed by atoms with Gasteiger partial charge in [-0.25, -0.2) is 0 Å². The third-order valence-corrected chi connectivity index (χ3v) is 3.20. The average molecular weight is 372 g/mol. The molecule has 0 atom stereocenters. The minimum atomic E-state index is -3.43. The summed E-state index contributed by atoms with van der Waals surface area (Å²) >= 11 is 2.12. The summed E-state index contributed by atoms with van der Waals surface area (Å²) < 4.78 is 37.4. The molecule has 0 spiro atoms. The van der Waals surface area contributed by atoms with E-state index in [0.717, 1.165) is 15.4 Å². The van der Waals surface area contributed by atoms with Crippen LogP contribution in [0, 0.1) is 3.57 Å². The van der Waals surface area contributed by atoms with Crippen LogP contribution in [0.25, 0.3) is 0 Å². The van der Waals surface area contributed by atoms with Crippen molar-refractivity contribution in [3.05, 3.63) is 27.3 Å². The summed E-state index contributed by atoms with van der Waals surface area (Å²) in [6.07, 6.45) is 1.02. The van der Waals surface area contributed by atoms with Crippen LogP contribution >= 0.6 is 22.6 Å². The fourth-order valence-electron chi connectivity index (χ4n) is 1.05. The van der Waals surface area contributed by atoms with E-state index in [1.165, 1.54) is 7.11 Å². The summed E-state index contributed by atoms with van der Waals surface area (Å²) in [4.78, 5) is 0. The maximum absolute atomic E-state index is 10.9. The van der Waals surface area contributed by atoms with E-state index in [1.54, 1.807) is 12.1 Å². The minimum absolute atomic E-state index is 0.000897. The molecule has 5 nitrogen and oxygen atoms in total. The first-order valence-electron chi connectivity index (χ1n) is 4.67. The maximum atomic E-state index is 10.9. The number of rotatable bonds is 6. The fourth-order valence-corrected chi connectivity index (χ4v) is 1.89. The molecule has 0 N–H and O–H groups in total. The third-order valence-electron chi connectivity index (χ3n) is 1.77. The highest BCUT2D eigenvalue weighted by Gasteiger charge is 2.06. The number of methoxy groups -OCH3 is 1. The minimum Gasteiger partial charge on any atom is -0.466 e. The van der Waals surface area contributed by atoms with E-state index in [-0.39, 0.29) is 13.4 Å². The average Bonchev–Trinajstić information content (AvgIpc) is 2.25. The largest absolute Gasteiger partial charge is 0.466 e. The molecule has 0 aliphatic carbocycles. The van der Waals surface area contributed by atoms with Crippen molar-refractivity contribution in [2.24, 2.45) is 0 Å². The zero-order valence-corrected chi connectivity index (χ0v) is 12.4. The summed E-state index contributed by atoms with van der Waals surface area (Å²) in [5, 5.41) is 0. The van der Waals surface area contributed by atoms with Gasteiger partial charge in [0.1, 0.15) is 5.75 Å². The van der Waals surface area contributed by atoms with Gasteiger partial charge in [0.15, 0.2) is 6.79 Å². The second-order valence-electron chi connectivity index (χ2n) is 3.28. The Hall–Kier alpha value is -0.380. The van der Waals surface area contributed by atoms with Gasteiger partial charge in [-0.3, -0.25) is 4.18 Å². The van der Waals surface area contributed by atoms with Crippen LogP contribution in [-0.2, 0) is 25.6 Å². The van der Waals surface area contributed by atoms with Gasteiger partial charge in [0.2, 0.25) is 0 Å². The van der Waals surface area contributed by atoms with Gasteiger partial charge >= 0.3 is 0 Å². The number of benzene rings is 1. The van der Waals surface area contributed by atoms with Crippen LogP contribution in [0.5, 0.6) is 5.75 Å². The third kappa shape index (κ3) is 5.66. The highest BCUT2D eigenvalue weighted by atomic mass is 127. The Morgan fingerprint density at radius 3 is 2.65 bits per heavy atom. The van der Waals surface area contributed by atoms with Crippen molar-refractivity contribution < 1.29 is 22.1 Å². The van der Waals surface area contributed by atoms with Gasteiger partial charge < -0.3 is 9.47 Å². The summed E-state index contributed by atoms with van der Waals surface area (Å²) in [7, 11) is -1.90. The first kappa shape index (κ1) is 14.7. The van der Waals surface area contributed by atoms with E-state index in [0.29, 0.717) is 5.75 Å². The van der Waals surface area contributed by atoms with E-state index >= 15 is 0 Å². The van der Waals surface area contributed by atoms with Crippen LogP contribution in [0.15, 0.2) is 18.2 Å². The predicted molar refractivity (Wildman–Crippen MR) is 71.3 cm³/mol. The van der Waals surface area contributed by atoms with Crippen molar-refractivity contribution in [2.45, 2.75) is 6.61 Å². The Balaban J connectivity index is 2.74. The first-order chi connectivity index (χ1) is 7.92. The van der Waals surface area contributed by atoms with Crippen LogP contribution < -0.4 is 4.74 Å². The second-order valence-corrected chi connectivity index (χ2v) is 6.09. The molecule has 1 aromatic carbocycles.